The number of carbonyl (C=O) groups excluding carboxylic acids is 1. The van der Waals surface area contributed by atoms with Crippen LogP contribution in [0.2, 0.25) is 0 Å². The number of hydrogen-bond donors (Lipinski definition) is 0. The topological polar surface area (TPSA) is 17.1 Å². The highest BCUT2D eigenvalue weighted by Crippen LogP contribution is 2.66. The number of Topliss-reactive ketones (excluding diaryl/α,β-unsaturated/α-hetero) is 1. The van der Waals surface area contributed by atoms with E-state index in [1.165, 1.54) is 36.8 Å². The maximum Gasteiger partial charge on any atom is 0.139 e. The van der Waals surface area contributed by atoms with Crippen molar-refractivity contribution in [1.29, 1.82) is 0 Å². The lowest BCUT2D eigenvalue weighted by atomic mass is 9.44. The highest BCUT2D eigenvalue weighted by molar-refractivity contribution is 5.87. The van der Waals surface area contributed by atoms with Crippen LogP contribution in [0.5, 0.6) is 0 Å². The molecule has 0 aliphatic heterocycles. The minimum absolute atomic E-state index is 0.00261. The van der Waals surface area contributed by atoms with Crippen molar-refractivity contribution in [3.8, 4) is 0 Å². The van der Waals surface area contributed by atoms with Crippen molar-refractivity contribution in [2.24, 2.45) is 34.5 Å². The normalized spacial score (nSPS) is 51.3. The van der Waals surface area contributed by atoms with Gasteiger partial charge in [0.1, 0.15) is 5.78 Å². The molecule has 0 aromatic carbocycles. The summed E-state index contributed by atoms with van der Waals surface area (Å²) in [6.07, 6.45) is 9.45. The van der Waals surface area contributed by atoms with Gasteiger partial charge >= 0.3 is 0 Å². The van der Waals surface area contributed by atoms with E-state index in [2.05, 4.69) is 27.0 Å². The van der Waals surface area contributed by atoms with Crippen LogP contribution in [0.3, 0.4) is 0 Å². The van der Waals surface area contributed by atoms with Crippen LogP contribution in [0.1, 0.15) is 65.2 Å². The second-order valence-electron chi connectivity index (χ2n) is 8.97. The van der Waals surface area contributed by atoms with Crippen LogP contribution in [0, 0.1) is 34.5 Å². The number of rotatable bonds is 0. The van der Waals surface area contributed by atoms with E-state index < -0.39 is 0 Å². The lowest BCUT2D eigenvalue weighted by molar-refractivity contribution is -0.134. The molecule has 4 saturated carbocycles. The first-order valence-electron chi connectivity index (χ1n) is 9.30. The Hall–Kier alpha value is -0.850. The van der Waals surface area contributed by atoms with Crippen molar-refractivity contribution in [3.05, 3.63) is 24.3 Å². The fraction of sp³-hybridized carbons (Fsp3) is 0.762. The lowest BCUT2D eigenvalue weighted by Crippen LogP contribution is -2.53. The Morgan fingerprint density at radius 2 is 1.73 bits per heavy atom. The fourth-order valence-corrected chi connectivity index (χ4v) is 7.00. The van der Waals surface area contributed by atoms with Gasteiger partial charge in [0.25, 0.3) is 0 Å². The zero-order valence-corrected chi connectivity index (χ0v) is 14.3. The predicted molar refractivity (Wildman–Crippen MR) is 90.4 cm³/mol. The number of fused-ring (bicyclic) bond motifs is 5. The Balaban J connectivity index is 1.72. The molecule has 4 aliphatic carbocycles. The van der Waals surface area contributed by atoms with Crippen molar-refractivity contribution >= 4 is 5.78 Å². The average Bonchev–Trinajstić information content (AvgIpc) is 2.80. The van der Waals surface area contributed by atoms with Crippen LogP contribution >= 0.6 is 0 Å². The second-order valence-corrected chi connectivity index (χ2v) is 8.97. The van der Waals surface area contributed by atoms with Crippen molar-refractivity contribution < 1.29 is 4.79 Å². The Bertz CT molecular complexity index is 558. The molecule has 4 rings (SSSR count). The minimum atomic E-state index is -0.00261. The predicted octanol–water partition coefficient (Wildman–Crippen LogP) is 5.32. The van der Waals surface area contributed by atoms with Crippen LogP contribution in [-0.2, 0) is 4.79 Å². The first-order chi connectivity index (χ1) is 10.4. The highest BCUT2D eigenvalue weighted by Gasteiger charge is 2.60. The third-order valence-corrected chi connectivity index (χ3v) is 8.48. The molecule has 0 bridgehead atoms. The molecule has 0 aromatic rings. The van der Waals surface area contributed by atoms with Gasteiger partial charge in [-0.05, 0) is 79.6 Å². The van der Waals surface area contributed by atoms with Gasteiger partial charge in [-0.25, -0.2) is 0 Å². The summed E-state index contributed by atoms with van der Waals surface area (Å²) in [6.45, 7) is 13.6. The molecule has 0 aromatic heterocycles. The van der Waals surface area contributed by atoms with Gasteiger partial charge in [0.15, 0.2) is 0 Å². The number of allylic oxidation sites excluding steroid dienone is 2. The molecule has 0 amide bonds. The van der Waals surface area contributed by atoms with Gasteiger partial charge in [-0.3, -0.25) is 4.79 Å². The van der Waals surface area contributed by atoms with E-state index in [1.54, 1.807) is 0 Å². The zero-order chi connectivity index (χ0) is 15.7. The van der Waals surface area contributed by atoms with Crippen LogP contribution in [0.15, 0.2) is 24.3 Å². The fourth-order valence-electron chi connectivity index (χ4n) is 7.00. The molecule has 1 nitrogen and oxygen atoms in total. The average molecular weight is 298 g/mol. The Labute approximate surface area is 135 Å². The molecule has 0 radical (unpaired) electrons. The second kappa shape index (κ2) is 4.58. The summed E-state index contributed by atoms with van der Waals surface area (Å²) in [5.74, 6) is 3.47. The first kappa shape index (κ1) is 14.7. The Morgan fingerprint density at radius 3 is 2.50 bits per heavy atom. The molecular formula is C21H30O. The summed E-state index contributed by atoms with van der Waals surface area (Å²) < 4.78 is 0. The van der Waals surface area contributed by atoms with E-state index in [9.17, 15) is 4.79 Å². The molecule has 1 heteroatoms. The van der Waals surface area contributed by atoms with E-state index >= 15 is 0 Å². The summed E-state index contributed by atoms with van der Waals surface area (Å²) in [5.41, 5.74) is 2.91. The van der Waals surface area contributed by atoms with Gasteiger partial charge in [0.05, 0.1) is 0 Å². The Kier molecular flexibility index (Phi) is 3.07. The largest absolute Gasteiger partial charge is 0.299 e. The number of ketones is 1. The van der Waals surface area contributed by atoms with Gasteiger partial charge in [-0.2, -0.15) is 0 Å². The molecular weight excluding hydrogens is 268 g/mol. The number of carbonyl (C=O) groups is 1. The van der Waals surface area contributed by atoms with Crippen molar-refractivity contribution in [2.75, 3.05) is 0 Å². The molecule has 0 spiro atoms. The molecule has 1 unspecified atom stereocenters. The van der Waals surface area contributed by atoms with Gasteiger partial charge in [-0.15, -0.1) is 0 Å². The summed E-state index contributed by atoms with van der Waals surface area (Å²) in [7, 11) is 0. The maximum absolute atomic E-state index is 12.5. The summed E-state index contributed by atoms with van der Waals surface area (Å²) in [5, 5.41) is 0. The quantitative estimate of drug-likeness (QED) is 0.591. The van der Waals surface area contributed by atoms with Crippen molar-refractivity contribution in [3.63, 3.8) is 0 Å². The molecule has 4 fully saturated rings. The molecule has 0 N–H and O–H groups in total. The molecule has 120 valence electrons. The van der Waals surface area contributed by atoms with Gasteiger partial charge in [0, 0.05) is 11.8 Å². The third-order valence-electron chi connectivity index (χ3n) is 8.48. The van der Waals surface area contributed by atoms with E-state index in [-0.39, 0.29) is 10.8 Å². The zero-order valence-electron chi connectivity index (χ0n) is 14.3. The molecule has 0 heterocycles. The SMILES string of the molecule is C=C1CCC2CC[C@@H]3[C@H](CC[C@]4(C)C(=O)CC[C@@H]34)[C@@]2(C)C1=C. The van der Waals surface area contributed by atoms with Crippen LogP contribution < -0.4 is 0 Å². The minimum Gasteiger partial charge on any atom is -0.299 e. The molecule has 6 atom stereocenters. The highest BCUT2D eigenvalue weighted by atomic mass is 16.1. The lowest BCUT2D eigenvalue weighted by Gasteiger charge is -2.60. The van der Waals surface area contributed by atoms with E-state index in [0.29, 0.717) is 11.7 Å². The van der Waals surface area contributed by atoms with E-state index in [0.717, 1.165) is 43.4 Å². The molecule has 22 heavy (non-hydrogen) atoms. The van der Waals surface area contributed by atoms with E-state index in [1.807, 2.05) is 0 Å². The van der Waals surface area contributed by atoms with Crippen LogP contribution in [0.4, 0.5) is 0 Å². The monoisotopic (exact) mass is 298 g/mol. The van der Waals surface area contributed by atoms with Crippen molar-refractivity contribution in [1.82, 2.24) is 0 Å². The van der Waals surface area contributed by atoms with Gasteiger partial charge < -0.3 is 0 Å². The van der Waals surface area contributed by atoms with Gasteiger partial charge in [-0.1, -0.05) is 32.6 Å². The van der Waals surface area contributed by atoms with Crippen LogP contribution in [-0.4, -0.2) is 5.78 Å². The van der Waals surface area contributed by atoms with Crippen molar-refractivity contribution in [2.45, 2.75) is 65.2 Å². The summed E-state index contributed by atoms with van der Waals surface area (Å²) >= 11 is 0. The van der Waals surface area contributed by atoms with E-state index in [4.69, 9.17) is 0 Å². The molecule has 4 aliphatic rings. The third kappa shape index (κ3) is 1.63. The Morgan fingerprint density at radius 1 is 0.955 bits per heavy atom. The smallest absolute Gasteiger partial charge is 0.139 e. The summed E-state index contributed by atoms with van der Waals surface area (Å²) in [6, 6.07) is 0. The molecule has 0 saturated heterocycles. The number of hydrogen-bond acceptors (Lipinski definition) is 1. The first-order valence-corrected chi connectivity index (χ1v) is 9.30. The van der Waals surface area contributed by atoms with Gasteiger partial charge in [0.2, 0.25) is 0 Å². The standard InChI is InChI=1S/C21H30O/c1-13-5-6-15-7-8-16-17-9-10-19(22)20(17,3)12-11-18(16)21(15,4)14(13)2/h15-18H,1-2,5-12H2,3-4H3/t15?,16-,17-,18-,20-,21-/m0/s1. The summed E-state index contributed by atoms with van der Waals surface area (Å²) in [4.78, 5) is 12.5. The van der Waals surface area contributed by atoms with Crippen LogP contribution in [0.25, 0.3) is 0 Å². The maximum atomic E-state index is 12.5.